The van der Waals surface area contributed by atoms with Crippen LogP contribution in [0.3, 0.4) is 0 Å². The quantitative estimate of drug-likeness (QED) is 0.344. The Labute approximate surface area is 115 Å². The van der Waals surface area contributed by atoms with Crippen LogP contribution >= 0.6 is 0 Å². The molecule has 0 aromatic heterocycles. The first-order valence-corrected chi connectivity index (χ1v) is 8.29. The minimum Gasteiger partial charge on any atom is -0.258 e. The zero-order valence-corrected chi connectivity index (χ0v) is 13.1. The molecule has 0 aromatic rings. The lowest BCUT2D eigenvalue weighted by Gasteiger charge is -2.14. The number of hydrogen-bond acceptors (Lipinski definition) is 2. The molecule has 0 amide bonds. The molecule has 0 aliphatic rings. The van der Waals surface area contributed by atoms with Crippen molar-refractivity contribution in [3.63, 3.8) is 0 Å². The van der Waals surface area contributed by atoms with Crippen molar-refractivity contribution < 1.29 is 0 Å². The minimum atomic E-state index is 0.612. The molecule has 0 rings (SSSR count). The number of rotatable bonds is 14. The molecule has 2 N–H and O–H groups in total. The van der Waals surface area contributed by atoms with Crippen molar-refractivity contribution in [1.29, 1.82) is 0 Å². The molecule has 2 heteroatoms. The lowest BCUT2D eigenvalue weighted by atomic mass is 10.1. The van der Waals surface area contributed by atoms with E-state index in [2.05, 4.69) is 31.6 Å². The lowest BCUT2D eigenvalue weighted by molar-refractivity contribution is 0.414. The summed E-state index contributed by atoms with van der Waals surface area (Å²) in [6.07, 6.45) is 15.3. The third-order valence-electron chi connectivity index (χ3n) is 3.46. The van der Waals surface area contributed by atoms with Gasteiger partial charge in [0.25, 0.3) is 0 Å². The highest BCUT2D eigenvalue weighted by Gasteiger charge is 1.99. The van der Waals surface area contributed by atoms with Crippen LogP contribution in [0.1, 0.15) is 91.4 Å². The Morgan fingerprint density at radius 2 is 1.28 bits per heavy atom. The predicted molar refractivity (Wildman–Crippen MR) is 82.7 cm³/mol. The highest BCUT2D eigenvalue weighted by Crippen LogP contribution is 2.11. The molecule has 110 valence electrons. The first-order chi connectivity index (χ1) is 8.81. The monoisotopic (exact) mass is 256 g/mol. The molecule has 0 bridgehead atoms. The zero-order chi connectivity index (χ0) is 13.5. The fraction of sp³-hybridized carbons (Fsp3) is 1.00. The Hall–Kier alpha value is -0.0800. The lowest BCUT2D eigenvalue weighted by Crippen LogP contribution is -2.39. The van der Waals surface area contributed by atoms with Gasteiger partial charge in [0.15, 0.2) is 0 Å². The van der Waals surface area contributed by atoms with E-state index in [1.54, 1.807) is 0 Å². The molecule has 0 radical (unpaired) electrons. The molecule has 0 fully saturated rings. The van der Waals surface area contributed by atoms with Gasteiger partial charge in [0.2, 0.25) is 0 Å². The molecule has 0 saturated carbocycles. The van der Waals surface area contributed by atoms with E-state index < -0.39 is 0 Å². The topological polar surface area (TPSA) is 24.1 Å². The van der Waals surface area contributed by atoms with Crippen LogP contribution in [0.15, 0.2) is 0 Å². The van der Waals surface area contributed by atoms with E-state index in [1.165, 1.54) is 70.6 Å². The van der Waals surface area contributed by atoms with Gasteiger partial charge < -0.3 is 0 Å². The molecule has 0 aromatic carbocycles. The Kier molecular flexibility index (Phi) is 14.9. The maximum absolute atomic E-state index is 3.36. The summed E-state index contributed by atoms with van der Waals surface area (Å²) in [7, 11) is 0. The molecule has 0 saturated heterocycles. The van der Waals surface area contributed by atoms with Crippen LogP contribution in [0.5, 0.6) is 0 Å². The van der Waals surface area contributed by atoms with Crippen molar-refractivity contribution in [3.8, 4) is 0 Å². The Balaban J connectivity index is 3.05. The second kappa shape index (κ2) is 15.0. The molecule has 0 aliphatic heterocycles. The van der Waals surface area contributed by atoms with Gasteiger partial charge in [-0.2, -0.15) is 0 Å². The fourth-order valence-corrected chi connectivity index (χ4v) is 2.20. The second-order valence-corrected chi connectivity index (χ2v) is 5.59. The molecule has 1 atom stereocenters. The SMILES string of the molecule is CCCCCCCCCCCC(C)NNCCC. The highest BCUT2D eigenvalue weighted by atomic mass is 15.4. The Morgan fingerprint density at radius 3 is 1.83 bits per heavy atom. The van der Waals surface area contributed by atoms with Crippen molar-refractivity contribution in [3.05, 3.63) is 0 Å². The Bertz CT molecular complexity index is 148. The van der Waals surface area contributed by atoms with Gasteiger partial charge in [-0.3, -0.25) is 10.9 Å². The molecule has 18 heavy (non-hydrogen) atoms. The van der Waals surface area contributed by atoms with Crippen LogP contribution in [0, 0.1) is 0 Å². The first kappa shape index (κ1) is 17.9. The number of unbranched alkanes of at least 4 members (excludes halogenated alkanes) is 8. The van der Waals surface area contributed by atoms with E-state index in [0.29, 0.717) is 6.04 Å². The van der Waals surface area contributed by atoms with Gasteiger partial charge in [-0.25, -0.2) is 0 Å². The van der Waals surface area contributed by atoms with Crippen molar-refractivity contribution >= 4 is 0 Å². The second-order valence-electron chi connectivity index (χ2n) is 5.59. The number of nitrogens with one attached hydrogen (secondary N) is 2. The van der Waals surface area contributed by atoms with Gasteiger partial charge in [-0.05, 0) is 19.8 Å². The van der Waals surface area contributed by atoms with Gasteiger partial charge in [0, 0.05) is 12.6 Å². The van der Waals surface area contributed by atoms with Gasteiger partial charge in [0.05, 0.1) is 0 Å². The van der Waals surface area contributed by atoms with E-state index in [0.717, 1.165) is 6.54 Å². The molecule has 0 aliphatic carbocycles. The summed E-state index contributed by atoms with van der Waals surface area (Å²) in [6, 6.07) is 0.612. The van der Waals surface area contributed by atoms with E-state index in [1.807, 2.05) is 0 Å². The number of hydrogen-bond donors (Lipinski definition) is 2. The van der Waals surface area contributed by atoms with E-state index in [9.17, 15) is 0 Å². The van der Waals surface area contributed by atoms with Crippen molar-refractivity contribution in [2.24, 2.45) is 0 Å². The zero-order valence-electron chi connectivity index (χ0n) is 13.1. The minimum absolute atomic E-state index is 0.612. The molecule has 0 spiro atoms. The highest BCUT2D eigenvalue weighted by molar-refractivity contribution is 4.57. The summed E-state index contributed by atoms with van der Waals surface area (Å²) in [6.45, 7) is 7.82. The normalized spacial score (nSPS) is 12.8. The van der Waals surface area contributed by atoms with Crippen LogP contribution in [0.2, 0.25) is 0 Å². The summed E-state index contributed by atoms with van der Waals surface area (Å²) in [5, 5.41) is 0. The first-order valence-electron chi connectivity index (χ1n) is 8.29. The standard InChI is InChI=1S/C16H36N2/c1-4-6-7-8-9-10-11-12-13-14-16(3)18-17-15-5-2/h16-18H,4-15H2,1-3H3. The third kappa shape index (κ3) is 14.0. The molecular weight excluding hydrogens is 220 g/mol. The van der Waals surface area contributed by atoms with Crippen LogP contribution in [-0.4, -0.2) is 12.6 Å². The Morgan fingerprint density at radius 1 is 0.722 bits per heavy atom. The summed E-state index contributed by atoms with van der Waals surface area (Å²) < 4.78 is 0. The van der Waals surface area contributed by atoms with Crippen molar-refractivity contribution in [2.75, 3.05) is 6.54 Å². The molecule has 1 unspecified atom stereocenters. The molecular formula is C16H36N2. The third-order valence-corrected chi connectivity index (χ3v) is 3.46. The van der Waals surface area contributed by atoms with Crippen LogP contribution < -0.4 is 10.9 Å². The van der Waals surface area contributed by atoms with Crippen LogP contribution in [-0.2, 0) is 0 Å². The molecule has 2 nitrogen and oxygen atoms in total. The largest absolute Gasteiger partial charge is 0.258 e. The average Bonchev–Trinajstić information content (AvgIpc) is 2.37. The fourth-order valence-electron chi connectivity index (χ4n) is 2.20. The van der Waals surface area contributed by atoms with Gasteiger partial charge in [-0.1, -0.05) is 71.6 Å². The van der Waals surface area contributed by atoms with Crippen molar-refractivity contribution in [2.45, 2.75) is 97.4 Å². The average molecular weight is 256 g/mol. The maximum Gasteiger partial charge on any atom is 0.0184 e. The van der Waals surface area contributed by atoms with E-state index in [4.69, 9.17) is 0 Å². The van der Waals surface area contributed by atoms with Crippen LogP contribution in [0.4, 0.5) is 0 Å². The van der Waals surface area contributed by atoms with Gasteiger partial charge >= 0.3 is 0 Å². The predicted octanol–water partition coefficient (Wildman–Crippen LogP) is 4.80. The van der Waals surface area contributed by atoms with E-state index in [-0.39, 0.29) is 0 Å². The van der Waals surface area contributed by atoms with E-state index >= 15 is 0 Å². The molecule has 0 heterocycles. The van der Waals surface area contributed by atoms with Crippen molar-refractivity contribution in [1.82, 2.24) is 10.9 Å². The van der Waals surface area contributed by atoms with Gasteiger partial charge in [0.1, 0.15) is 0 Å². The summed E-state index contributed by atoms with van der Waals surface area (Å²) >= 11 is 0. The van der Waals surface area contributed by atoms with Crippen LogP contribution in [0.25, 0.3) is 0 Å². The van der Waals surface area contributed by atoms with Gasteiger partial charge in [-0.15, -0.1) is 0 Å². The smallest absolute Gasteiger partial charge is 0.0184 e. The summed E-state index contributed by atoms with van der Waals surface area (Å²) in [5.41, 5.74) is 6.62. The summed E-state index contributed by atoms with van der Waals surface area (Å²) in [5.74, 6) is 0. The summed E-state index contributed by atoms with van der Waals surface area (Å²) in [4.78, 5) is 0. The maximum atomic E-state index is 3.36. The number of hydrazine groups is 1.